The second kappa shape index (κ2) is 10.0. The monoisotopic (exact) mass is 436 g/mol. The fourth-order valence-electron chi connectivity index (χ4n) is 3.06. The van der Waals surface area contributed by atoms with E-state index in [0.717, 1.165) is 0 Å². The minimum Gasteiger partial charge on any atom is -0.487 e. The smallest absolute Gasteiger partial charge is 0.303 e. The molecule has 1 saturated heterocycles. The van der Waals surface area contributed by atoms with Crippen molar-refractivity contribution < 1.29 is 42.2 Å². The lowest BCUT2D eigenvalue weighted by atomic mass is 10.0. The number of rotatable bonds is 7. The van der Waals surface area contributed by atoms with E-state index in [1.165, 1.54) is 10.9 Å². The predicted molar refractivity (Wildman–Crippen MR) is 102 cm³/mol. The first kappa shape index (κ1) is 18.3. The lowest BCUT2D eigenvalue weighted by Gasteiger charge is -2.40. The van der Waals surface area contributed by atoms with Gasteiger partial charge in [0.2, 0.25) is 0 Å². The van der Waals surface area contributed by atoms with Gasteiger partial charge in [-0.05, 0) is 12.1 Å². The molecule has 1 aliphatic heterocycles. The Labute approximate surface area is 182 Å². The molecule has 1 aliphatic rings. The van der Waals surface area contributed by atoms with Crippen LogP contribution in [0.15, 0.2) is 36.5 Å². The standard InChI is InChI=1S/C20H23N3O8/c1-12(24)29-17-11-28-20(19(31-14(3)26)18(17)30-13(2)25)23-15(9-21-22-23)10-27-16-7-5-4-6-8-16/h4-9,17-20H,10-11H2,1-3H3/t17-,18+,19-,20?/m1/s1/i1D,2D,3D. The van der Waals surface area contributed by atoms with Crippen LogP contribution in [-0.2, 0) is 39.9 Å². The molecule has 1 aromatic carbocycles. The second-order valence-corrected chi connectivity index (χ2v) is 6.43. The summed E-state index contributed by atoms with van der Waals surface area (Å²) in [6, 6.07) is 8.95. The van der Waals surface area contributed by atoms with Gasteiger partial charge in [-0.3, -0.25) is 14.4 Å². The van der Waals surface area contributed by atoms with Crippen molar-refractivity contribution in [2.75, 3.05) is 6.61 Å². The largest absolute Gasteiger partial charge is 0.487 e. The summed E-state index contributed by atoms with van der Waals surface area (Å²) in [4.78, 5) is 35.7. The Balaban J connectivity index is 1.89. The summed E-state index contributed by atoms with van der Waals surface area (Å²) in [6.07, 6.45) is -3.77. The molecule has 0 N–H and O–H groups in total. The van der Waals surface area contributed by atoms with Gasteiger partial charge in [0.15, 0.2) is 24.5 Å². The van der Waals surface area contributed by atoms with Crippen molar-refractivity contribution in [1.82, 2.24) is 15.0 Å². The lowest BCUT2D eigenvalue weighted by molar-refractivity contribution is -0.242. The van der Waals surface area contributed by atoms with Gasteiger partial charge in [-0.15, -0.1) is 5.10 Å². The number of carbonyl (C=O) groups is 3. The molecule has 166 valence electrons. The zero-order valence-corrected chi connectivity index (χ0v) is 16.4. The normalized spacial score (nSPS) is 24.2. The second-order valence-electron chi connectivity index (χ2n) is 6.43. The van der Waals surface area contributed by atoms with Crippen LogP contribution >= 0.6 is 0 Å². The van der Waals surface area contributed by atoms with Crippen LogP contribution < -0.4 is 4.74 Å². The predicted octanol–water partition coefficient (Wildman–Crippen LogP) is 1.18. The van der Waals surface area contributed by atoms with Crippen molar-refractivity contribution in [3.8, 4) is 5.75 Å². The molecule has 4 atom stereocenters. The van der Waals surface area contributed by atoms with Gasteiger partial charge in [0.05, 0.1) is 18.5 Å². The molecule has 1 aromatic heterocycles. The van der Waals surface area contributed by atoms with Crippen LogP contribution in [0.25, 0.3) is 0 Å². The molecular weight excluding hydrogens is 410 g/mol. The summed E-state index contributed by atoms with van der Waals surface area (Å²) in [5.74, 6) is -2.25. The highest BCUT2D eigenvalue weighted by Gasteiger charge is 2.48. The Kier molecular flexibility index (Phi) is 5.92. The van der Waals surface area contributed by atoms with Gasteiger partial charge in [-0.1, -0.05) is 23.4 Å². The van der Waals surface area contributed by atoms with E-state index in [1.807, 2.05) is 6.07 Å². The first-order valence-corrected chi connectivity index (χ1v) is 9.11. The van der Waals surface area contributed by atoms with Crippen molar-refractivity contribution in [1.29, 1.82) is 0 Å². The van der Waals surface area contributed by atoms with Crippen molar-refractivity contribution in [2.45, 2.75) is 51.8 Å². The summed E-state index contributed by atoms with van der Waals surface area (Å²) in [5.41, 5.74) is 0.424. The number of aromatic nitrogens is 3. The highest BCUT2D eigenvalue weighted by atomic mass is 16.6. The zero-order valence-electron chi connectivity index (χ0n) is 19.4. The lowest BCUT2D eigenvalue weighted by Crippen LogP contribution is -2.55. The van der Waals surface area contributed by atoms with E-state index < -0.39 is 63.1 Å². The van der Waals surface area contributed by atoms with E-state index in [9.17, 15) is 14.4 Å². The molecule has 11 heteroatoms. The molecule has 0 spiro atoms. The average Bonchev–Trinajstić information content (AvgIpc) is 3.33. The van der Waals surface area contributed by atoms with Crippen LogP contribution in [0, 0.1) is 0 Å². The molecule has 0 aliphatic carbocycles. The number of hydrogen-bond acceptors (Lipinski definition) is 10. The topological polar surface area (TPSA) is 128 Å². The summed E-state index contributed by atoms with van der Waals surface area (Å²) in [6.45, 7) is -2.44. The molecule has 0 bridgehead atoms. The SMILES string of the molecule is [2H]CC(=O)O[C@H]1[C@H](OC(=O)C[2H])COC(n2nncc2COc2ccccc2)[C@@H]1OC(=O)C[2H]. The van der Waals surface area contributed by atoms with Gasteiger partial charge >= 0.3 is 17.9 Å². The molecule has 0 saturated carbocycles. The number of para-hydroxylation sites is 1. The Morgan fingerprint density at radius 1 is 1.06 bits per heavy atom. The summed E-state index contributed by atoms with van der Waals surface area (Å²) < 4.78 is 50.2. The number of hydrogen-bond donors (Lipinski definition) is 0. The Morgan fingerprint density at radius 3 is 2.45 bits per heavy atom. The van der Waals surface area contributed by atoms with Gasteiger partial charge in [0.25, 0.3) is 0 Å². The van der Waals surface area contributed by atoms with E-state index in [-0.39, 0.29) is 13.2 Å². The van der Waals surface area contributed by atoms with Crippen LogP contribution in [-0.4, -0.2) is 57.8 Å². The van der Waals surface area contributed by atoms with Crippen LogP contribution in [0.1, 0.15) is 36.7 Å². The minimum absolute atomic E-state index is 0.0183. The van der Waals surface area contributed by atoms with E-state index >= 15 is 0 Å². The number of esters is 3. The number of benzene rings is 1. The molecule has 1 unspecified atom stereocenters. The van der Waals surface area contributed by atoms with Crippen molar-refractivity contribution in [3.05, 3.63) is 42.2 Å². The van der Waals surface area contributed by atoms with Gasteiger partial charge in [-0.2, -0.15) is 0 Å². The number of nitrogens with zero attached hydrogens (tertiary/aromatic N) is 3. The first-order chi connectivity index (χ1) is 16.5. The van der Waals surface area contributed by atoms with Crippen molar-refractivity contribution in [3.63, 3.8) is 0 Å². The van der Waals surface area contributed by atoms with E-state index in [0.29, 0.717) is 11.4 Å². The van der Waals surface area contributed by atoms with Gasteiger partial charge in [0, 0.05) is 24.8 Å². The molecule has 1 fully saturated rings. The highest BCUT2D eigenvalue weighted by Crippen LogP contribution is 2.31. The van der Waals surface area contributed by atoms with E-state index in [2.05, 4.69) is 10.3 Å². The molecule has 0 amide bonds. The fraction of sp³-hybridized carbons (Fsp3) is 0.450. The van der Waals surface area contributed by atoms with Crippen LogP contribution in [0.3, 0.4) is 0 Å². The number of ether oxygens (including phenoxy) is 5. The van der Waals surface area contributed by atoms with Gasteiger partial charge in [-0.25, -0.2) is 4.68 Å². The zero-order chi connectivity index (χ0) is 24.5. The molecule has 0 radical (unpaired) electrons. The molecule has 31 heavy (non-hydrogen) atoms. The highest BCUT2D eigenvalue weighted by molar-refractivity contribution is 5.68. The van der Waals surface area contributed by atoms with Crippen molar-refractivity contribution in [2.24, 2.45) is 0 Å². The fourth-order valence-corrected chi connectivity index (χ4v) is 3.06. The van der Waals surface area contributed by atoms with Crippen LogP contribution in [0.2, 0.25) is 0 Å². The summed E-state index contributed by atoms with van der Waals surface area (Å²) in [5, 5.41) is 7.83. The van der Waals surface area contributed by atoms with Crippen molar-refractivity contribution >= 4 is 17.9 Å². The van der Waals surface area contributed by atoms with E-state index in [1.54, 1.807) is 24.3 Å². The molecule has 11 nitrogen and oxygen atoms in total. The molecule has 2 aromatic rings. The third-order valence-corrected chi connectivity index (χ3v) is 4.24. The van der Waals surface area contributed by atoms with Crippen LogP contribution in [0.5, 0.6) is 5.75 Å². The van der Waals surface area contributed by atoms with Crippen LogP contribution in [0.4, 0.5) is 0 Å². The minimum atomic E-state index is -1.40. The molecular formula is C20H23N3O8. The third kappa shape index (κ3) is 5.79. The first-order valence-electron chi connectivity index (χ1n) is 11.2. The summed E-state index contributed by atoms with van der Waals surface area (Å²) in [7, 11) is 0. The Morgan fingerprint density at radius 2 is 1.74 bits per heavy atom. The van der Waals surface area contributed by atoms with Gasteiger partial charge < -0.3 is 23.7 Å². The Bertz CT molecular complexity index is 977. The maximum absolute atomic E-state index is 12.0. The average molecular weight is 436 g/mol. The van der Waals surface area contributed by atoms with Gasteiger partial charge in [0.1, 0.15) is 12.4 Å². The summed E-state index contributed by atoms with van der Waals surface area (Å²) >= 11 is 0. The van der Waals surface area contributed by atoms with E-state index in [4.69, 9.17) is 27.8 Å². The molecule has 3 rings (SSSR count). The third-order valence-electron chi connectivity index (χ3n) is 4.24. The maximum Gasteiger partial charge on any atom is 0.303 e. The maximum atomic E-state index is 12.0. The quantitative estimate of drug-likeness (QED) is 0.461. The Hall–Kier alpha value is -3.47. The molecule has 2 heterocycles. The number of carbonyl (C=O) groups excluding carboxylic acids is 3.